The van der Waals surface area contributed by atoms with E-state index in [4.69, 9.17) is 16.3 Å². The number of aromatic nitrogens is 3. The summed E-state index contributed by atoms with van der Waals surface area (Å²) < 4.78 is 6.37. The van der Waals surface area contributed by atoms with E-state index in [9.17, 15) is 14.4 Å². The maximum atomic E-state index is 12.4. The van der Waals surface area contributed by atoms with Crippen LogP contribution in [0.5, 0.6) is 0 Å². The number of benzene rings is 1. The maximum absolute atomic E-state index is 12.4. The van der Waals surface area contributed by atoms with Crippen LogP contribution in [0.15, 0.2) is 36.5 Å². The SMILES string of the molecule is CC(C)c1cc(-c2ccc(Cl)cc2)nn2cc(C=O)nc12.COC(=O)C1CC(C(=O)N2CCN(C)C(C)(C)C2)C1. The molecule has 0 atom stereocenters. The number of carbonyl (C=O) groups excluding carboxylic acids is 3. The van der Waals surface area contributed by atoms with Crippen LogP contribution < -0.4 is 0 Å². The van der Waals surface area contributed by atoms with E-state index in [2.05, 4.69) is 49.7 Å². The number of nitrogens with zero attached hydrogens (tertiary/aromatic N) is 5. The van der Waals surface area contributed by atoms with E-state index < -0.39 is 0 Å². The number of esters is 1. The first-order valence-corrected chi connectivity index (χ1v) is 14.0. The number of imidazole rings is 1. The fourth-order valence-corrected chi connectivity index (χ4v) is 5.25. The Morgan fingerprint density at radius 3 is 2.38 bits per heavy atom. The molecule has 0 bridgehead atoms. The highest BCUT2D eigenvalue weighted by Gasteiger charge is 2.43. The third kappa shape index (κ3) is 6.36. The molecular weight excluding hydrogens is 530 g/mol. The van der Waals surface area contributed by atoms with Gasteiger partial charge in [0.1, 0.15) is 5.69 Å². The highest BCUT2D eigenvalue weighted by atomic mass is 35.5. The first kappa shape index (κ1) is 29.7. The molecule has 0 spiro atoms. The second-order valence-corrected chi connectivity index (χ2v) is 12.0. The molecular formula is C30H38ClN5O4. The number of rotatable bonds is 5. The lowest BCUT2D eigenvalue weighted by Crippen LogP contribution is -2.60. The lowest BCUT2D eigenvalue weighted by atomic mass is 9.74. The van der Waals surface area contributed by atoms with Crippen LogP contribution in [-0.2, 0) is 14.3 Å². The molecule has 1 aromatic carbocycles. The van der Waals surface area contributed by atoms with Gasteiger partial charge in [-0.15, -0.1) is 0 Å². The van der Waals surface area contributed by atoms with Crippen molar-refractivity contribution in [2.75, 3.05) is 33.8 Å². The average Bonchev–Trinajstić information content (AvgIpc) is 3.32. The number of hydrogen-bond donors (Lipinski definition) is 0. The predicted octanol–water partition coefficient (Wildman–Crippen LogP) is 4.72. The van der Waals surface area contributed by atoms with E-state index in [1.807, 2.05) is 35.2 Å². The minimum atomic E-state index is -0.178. The summed E-state index contributed by atoms with van der Waals surface area (Å²) in [6.07, 6.45) is 3.69. The fraction of sp³-hybridized carbons (Fsp3) is 0.500. The molecule has 1 saturated heterocycles. The number of fused-ring (bicyclic) bond motifs is 1. The number of aldehydes is 1. The third-order valence-electron chi connectivity index (χ3n) is 8.01. The third-order valence-corrected chi connectivity index (χ3v) is 8.26. The van der Waals surface area contributed by atoms with Gasteiger partial charge >= 0.3 is 5.97 Å². The first-order chi connectivity index (χ1) is 18.9. The van der Waals surface area contributed by atoms with Gasteiger partial charge in [0.25, 0.3) is 0 Å². The van der Waals surface area contributed by atoms with Crippen molar-refractivity contribution in [3.63, 3.8) is 0 Å². The maximum Gasteiger partial charge on any atom is 0.308 e. The molecule has 1 saturated carbocycles. The fourth-order valence-electron chi connectivity index (χ4n) is 5.13. The molecule has 2 fully saturated rings. The minimum absolute atomic E-state index is 0.0170. The molecule has 2 aliphatic rings. The number of ether oxygens (including phenoxy) is 1. The van der Waals surface area contributed by atoms with Gasteiger partial charge in [-0.2, -0.15) is 5.10 Å². The molecule has 5 rings (SSSR count). The van der Waals surface area contributed by atoms with Crippen molar-refractivity contribution in [3.8, 4) is 11.3 Å². The Hall–Kier alpha value is -3.30. The zero-order chi connectivity index (χ0) is 29.2. The predicted molar refractivity (Wildman–Crippen MR) is 154 cm³/mol. The zero-order valence-electron chi connectivity index (χ0n) is 24.1. The van der Waals surface area contributed by atoms with Gasteiger partial charge in [-0.3, -0.25) is 19.3 Å². The van der Waals surface area contributed by atoms with Gasteiger partial charge in [0.2, 0.25) is 5.91 Å². The van der Waals surface area contributed by atoms with Crippen molar-refractivity contribution in [1.82, 2.24) is 24.4 Å². The van der Waals surface area contributed by atoms with Gasteiger partial charge in [0.05, 0.1) is 24.9 Å². The average molecular weight is 568 g/mol. The van der Waals surface area contributed by atoms with Crippen LogP contribution in [0.1, 0.15) is 62.5 Å². The molecule has 40 heavy (non-hydrogen) atoms. The molecule has 214 valence electrons. The smallest absolute Gasteiger partial charge is 0.308 e. The van der Waals surface area contributed by atoms with Crippen LogP contribution in [0.2, 0.25) is 5.02 Å². The summed E-state index contributed by atoms with van der Waals surface area (Å²) in [6, 6.07) is 9.55. The number of methoxy groups -OCH3 is 1. The van der Waals surface area contributed by atoms with Gasteiger partial charge in [-0.05, 0) is 57.9 Å². The number of amides is 1. The van der Waals surface area contributed by atoms with Gasteiger partial charge in [-0.25, -0.2) is 9.50 Å². The van der Waals surface area contributed by atoms with E-state index >= 15 is 0 Å². The van der Waals surface area contributed by atoms with Gasteiger partial charge < -0.3 is 9.64 Å². The van der Waals surface area contributed by atoms with E-state index in [0.717, 1.165) is 48.4 Å². The number of likely N-dealkylation sites (N-methyl/N-ethyl adjacent to an activating group) is 1. The molecule has 1 aliphatic heterocycles. The van der Waals surface area contributed by atoms with Gasteiger partial charge in [0, 0.05) is 47.2 Å². The van der Waals surface area contributed by atoms with Crippen molar-refractivity contribution in [2.45, 2.75) is 52.0 Å². The van der Waals surface area contributed by atoms with Crippen molar-refractivity contribution in [2.24, 2.45) is 11.8 Å². The summed E-state index contributed by atoms with van der Waals surface area (Å²) in [7, 11) is 3.50. The molecule has 10 heteroatoms. The Balaban J connectivity index is 0.000000186. The Kier molecular flexibility index (Phi) is 8.95. The van der Waals surface area contributed by atoms with Crippen LogP contribution in [-0.4, -0.2) is 81.9 Å². The lowest BCUT2D eigenvalue weighted by Gasteiger charge is -2.47. The van der Waals surface area contributed by atoms with E-state index in [0.29, 0.717) is 23.6 Å². The van der Waals surface area contributed by atoms with Crippen LogP contribution in [0, 0.1) is 11.8 Å². The summed E-state index contributed by atoms with van der Waals surface area (Å²) in [5, 5.41) is 5.23. The Bertz CT molecular complexity index is 1380. The number of carbonyl (C=O) groups is 3. The first-order valence-electron chi connectivity index (χ1n) is 13.6. The van der Waals surface area contributed by atoms with Crippen LogP contribution >= 0.6 is 11.6 Å². The van der Waals surface area contributed by atoms with E-state index in [1.165, 1.54) is 7.11 Å². The number of hydrogen-bond acceptors (Lipinski definition) is 7. The van der Waals surface area contributed by atoms with Crippen molar-refractivity contribution in [3.05, 3.63) is 52.8 Å². The molecule has 9 nitrogen and oxygen atoms in total. The largest absolute Gasteiger partial charge is 0.469 e. The molecule has 1 amide bonds. The molecule has 3 aromatic rings. The minimum Gasteiger partial charge on any atom is -0.469 e. The number of halogens is 1. The monoisotopic (exact) mass is 567 g/mol. The molecule has 0 unspecified atom stereocenters. The highest BCUT2D eigenvalue weighted by Crippen LogP contribution is 2.36. The Labute approximate surface area is 240 Å². The lowest BCUT2D eigenvalue weighted by molar-refractivity contribution is -0.155. The van der Waals surface area contributed by atoms with E-state index in [-0.39, 0.29) is 35.2 Å². The molecule has 0 radical (unpaired) electrons. The van der Waals surface area contributed by atoms with Crippen molar-refractivity contribution < 1.29 is 19.1 Å². The topological polar surface area (TPSA) is 97.1 Å². The standard InChI is InChI=1S/C16H14ClN3O.C14H24N2O3/c1-10(2)14-7-15(11-3-5-12(17)6-4-11)19-20-8-13(9-21)18-16(14)20;1-14(2)9-16(6-5-15(14)3)12(17)10-7-11(8-10)13(18)19-4/h3-10H,1-2H3;10-11H,5-9H2,1-4H3. The summed E-state index contributed by atoms with van der Waals surface area (Å²) in [5.74, 6) is 0.260. The molecule has 2 aromatic heterocycles. The molecule has 0 N–H and O–H groups in total. The summed E-state index contributed by atoms with van der Waals surface area (Å²) in [6.45, 7) is 11.0. The molecule has 3 heterocycles. The van der Waals surface area contributed by atoms with Crippen molar-refractivity contribution >= 4 is 35.4 Å². The van der Waals surface area contributed by atoms with Gasteiger partial charge in [0.15, 0.2) is 11.9 Å². The summed E-state index contributed by atoms with van der Waals surface area (Å²) in [5.41, 5.74) is 4.01. The number of piperazine rings is 1. The zero-order valence-corrected chi connectivity index (χ0v) is 24.8. The van der Waals surface area contributed by atoms with Crippen molar-refractivity contribution in [1.29, 1.82) is 0 Å². The highest BCUT2D eigenvalue weighted by molar-refractivity contribution is 6.30. The van der Waals surface area contributed by atoms with E-state index in [1.54, 1.807) is 10.7 Å². The van der Waals surface area contributed by atoms with Crippen LogP contribution in [0.3, 0.4) is 0 Å². The van der Waals surface area contributed by atoms with Crippen LogP contribution in [0.4, 0.5) is 0 Å². The molecule has 1 aliphatic carbocycles. The summed E-state index contributed by atoms with van der Waals surface area (Å²) >= 11 is 5.92. The summed E-state index contributed by atoms with van der Waals surface area (Å²) in [4.78, 5) is 43.2. The Morgan fingerprint density at radius 1 is 1.12 bits per heavy atom. The van der Waals surface area contributed by atoms with Crippen LogP contribution in [0.25, 0.3) is 16.9 Å². The quantitative estimate of drug-likeness (QED) is 0.325. The van der Waals surface area contributed by atoms with Gasteiger partial charge in [-0.1, -0.05) is 37.6 Å². The normalized spacial score (nSPS) is 20.4. The Morgan fingerprint density at radius 2 is 1.80 bits per heavy atom. The second-order valence-electron chi connectivity index (χ2n) is 11.6. The second kappa shape index (κ2) is 12.1.